The molecule has 2 aliphatic rings. The minimum Gasteiger partial charge on any atom is -0.433 e. The third kappa shape index (κ3) is 5.07. The molecule has 0 aromatic heterocycles. The summed E-state index contributed by atoms with van der Waals surface area (Å²) in [5, 5.41) is 7.24. The van der Waals surface area contributed by atoms with Crippen LogP contribution in [0.15, 0.2) is 10.3 Å². The second-order valence-corrected chi connectivity index (χ2v) is 15.6. The molecular weight excluding hydrogens is 366 g/mol. The van der Waals surface area contributed by atoms with Gasteiger partial charge in [-0.05, 0) is 18.4 Å². The van der Waals surface area contributed by atoms with Crippen LogP contribution in [0.1, 0.15) is 34.1 Å². The lowest BCUT2D eigenvalue weighted by Crippen LogP contribution is -2.57. The standard InChI is InChI=1S/C18H35N3O5Si/c1-17(2,3)12-10-13(24-11-23-8-9-27(5,6)7)18(4)14(20-21-19)15(22)26-16(18)25-12/h12-14,16H,8-11H2,1-7H3,(H2,19,20). The maximum Gasteiger partial charge on any atom is 0.336 e. The smallest absolute Gasteiger partial charge is 0.336 e. The van der Waals surface area contributed by atoms with Gasteiger partial charge in [0.05, 0.1) is 17.6 Å². The first-order valence-corrected chi connectivity index (χ1v) is 13.3. The quantitative estimate of drug-likeness (QED) is 0.134. The highest BCUT2D eigenvalue weighted by Crippen LogP contribution is 2.50. The SMILES string of the molecule is CC(C)(C)C1CC(OCOCC[Si](C)(C)C)C2(C)C(OC(=O)C2N=NN)O1. The summed E-state index contributed by atoms with van der Waals surface area (Å²) in [6.07, 6.45) is -0.579. The topological polar surface area (TPSA) is 105 Å². The van der Waals surface area contributed by atoms with Gasteiger partial charge in [-0.15, -0.1) is 0 Å². The first-order chi connectivity index (χ1) is 12.4. The Kier molecular flexibility index (Phi) is 6.71. The number of carbonyl (C=O) groups excluding carboxylic acids is 1. The summed E-state index contributed by atoms with van der Waals surface area (Å²) in [4.78, 5) is 12.3. The fourth-order valence-corrected chi connectivity index (χ4v) is 4.20. The monoisotopic (exact) mass is 401 g/mol. The zero-order valence-corrected chi connectivity index (χ0v) is 18.7. The molecule has 0 amide bonds. The molecule has 2 aliphatic heterocycles. The van der Waals surface area contributed by atoms with E-state index in [1.807, 2.05) is 6.92 Å². The predicted molar refractivity (Wildman–Crippen MR) is 104 cm³/mol. The third-order valence-electron chi connectivity index (χ3n) is 5.45. The van der Waals surface area contributed by atoms with Gasteiger partial charge in [-0.3, -0.25) is 0 Å². The molecule has 27 heavy (non-hydrogen) atoms. The zero-order chi connectivity index (χ0) is 20.5. The van der Waals surface area contributed by atoms with E-state index in [1.54, 1.807) is 0 Å². The Morgan fingerprint density at radius 3 is 2.56 bits per heavy atom. The van der Waals surface area contributed by atoms with Crippen molar-refractivity contribution in [2.24, 2.45) is 27.0 Å². The van der Waals surface area contributed by atoms with Crippen LogP contribution >= 0.6 is 0 Å². The van der Waals surface area contributed by atoms with E-state index in [4.69, 9.17) is 24.8 Å². The second-order valence-electron chi connectivity index (χ2n) is 9.99. The fourth-order valence-electron chi connectivity index (χ4n) is 3.45. The van der Waals surface area contributed by atoms with Gasteiger partial charge >= 0.3 is 5.97 Å². The summed E-state index contributed by atoms with van der Waals surface area (Å²) in [6, 6.07) is 0.223. The molecule has 9 heteroatoms. The van der Waals surface area contributed by atoms with Gasteiger partial charge in [-0.2, -0.15) is 5.11 Å². The molecule has 5 atom stereocenters. The molecule has 156 valence electrons. The molecule has 2 heterocycles. The van der Waals surface area contributed by atoms with Gasteiger partial charge in [0.25, 0.3) is 0 Å². The highest BCUT2D eigenvalue weighted by atomic mass is 28.3. The van der Waals surface area contributed by atoms with Crippen LogP contribution in [0.2, 0.25) is 25.7 Å². The minimum absolute atomic E-state index is 0.121. The molecule has 0 spiro atoms. The number of fused-ring (bicyclic) bond motifs is 1. The van der Waals surface area contributed by atoms with Crippen molar-refractivity contribution in [3.63, 3.8) is 0 Å². The van der Waals surface area contributed by atoms with Crippen molar-refractivity contribution < 1.29 is 23.7 Å². The summed E-state index contributed by atoms with van der Waals surface area (Å²) in [5.74, 6) is 4.74. The number of rotatable bonds is 7. The van der Waals surface area contributed by atoms with E-state index in [9.17, 15) is 4.79 Å². The van der Waals surface area contributed by atoms with E-state index in [-0.39, 0.29) is 24.4 Å². The van der Waals surface area contributed by atoms with Gasteiger partial charge in [0.1, 0.15) is 6.79 Å². The van der Waals surface area contributed by atoms with Crippen LogP contribution < -0.4 is 5.84 Å². The van der Waals surface area contributed by atoms with Crippen LogP contribution in [0, 0.1) is 10.8 Å². The summed E-state index contributed by atoms with van der Waals surface area (Å²) in [6.45, 7) is 15.9. The fraction of sp³-hybridized carbons (Fsp3) is 0.944. The number of ether oxygens (including phenoxy) is 4. The number of hydrogen-bond acceptors (Lipinski definition) is 7. The number of nitrogens with zero attached hydrogens (tertiary/aromatic N) is 2. The summed E-state index contributed by atoms with van der Waals surface area (Å²) >= 11 is 0. The van der Waals surface area contributed by atoms with Crippen LogP contribution in [-0.2, 0) is 23.7 Å². The first-order valence-electron chi connectivity index (χ1n) is 9.55. The molecule has 2 fully saturated rings. The highest BCUT2D eigenvalue weighted by Gasteiger charge is 2.64. The summed E-state index contributed by atoms with van der Waals surface area (Å²) in [5.41, 5.74) is -0.925. The van der Waals surface area contributed by atoms with Gasteiger partial charge in [0.15, 0.2) is 6.04 Å². The molecule has 0 bridgehead atoms. The first kappa shape index (κ1) is 22.3. The van der Waals surface area contributed by atoms with Crippen LogP contribution in [0.4, 0.5) is 0 Å². The Morgan fingerprint density at radius 2 is 2.00 bits per heavy atom. The van der Waals surface area contributed by atoms with Crippen LogP contribution in [-0.4, -0.2) is 52.0 Å². The number of carbonyl (C=O) groups is 1. The molecular formula is C18H35N3O5Si. The molecule has 0 aromatic carbocycles. The van der Waals surface area contributed by atoms with E-state index in [1.165, 1.54) is 0 Å². The minimum atomic E-state index is -1.16. The van der Waals surface area contributed by atoms with E-state index in [0.29, 0.717) is 13.0 Å². The van der Waals surface area contributed by atoms with Crippen molar-refractivity contribution in [2.45, 2.75) is 84.3 Å². The summed E-state index contributed by atoms with van der Waals surface area (Å²) in [7, 11) is -1.16. The maximum absolute atomic E-state index is 12.3. The lowest BCUT2D eigenvalue weighted by atomic mass is 9.71. The van der Waals surface area contributed by atoms with Crippen LogP contribution in [0.25, 0.3) is 0 Å². The van der Waals surface area contributed by atoms with Crippen LogP contribution in [0.5, 0.6) is 0 Å². The molecule has 0 aliphatic carbocycles. The molecule has 8 nitrogen and oxygen atoms in total. The average molecular weight is 402 g/mol. The van der Waals surface area contributed by atoms with Crippen molar-refractivity contribution in [2.75, 3.05) is 13.4 Å². The Bertz CT molecular complexity index is 560. The lowest BCUT2D eigenvalue weighted by Gasteiger charge is -2.47. The van der Waals surface area contributed by atoms with Crippen molar-refractivity contribution in [1.29, 1.82) is 0 Å². The van der Waals surface area contributed by atoms with Crippen molar-refractivity contribution >= 4 is 14.0 Å². The van der Waals surface area contributed by atoms with Gasteiger partial charge in [0, 0.05) is 21.1 Å². The summed E-state index contributed by atoms with van der Waals surface area (Å²) < 4.78 is 23.4. The molecule has 0 aromatic rings. The van der Waals surface area contributed by atoms with Crippen molar-refractivity contribution in [3.8, 4) is 0 Å². The molecule has 2 N–H and O–H groups in total. The number of nitrogens with two attached hydrogens (primary N) is 1. The van der Waals surface area contributed by atoms with E-state index >= 15 is 0 Å². The predicted octanol–water partition coefficient (Wildman–Crippen LogP) is 3.10. The third-order valence-corrected chi connectivity index (χ3v) is 7.15. The molecule has 5 unspecified atom stereocenters. The molecule has 0 saturated carbocycles. The highest BCUT2D eigenvalue weighted by molar-refractivity contribution is 6.76. The van der Waals surface area contributed by atoms with E-state index in [2.05, 4.69) is 50.7 Å². The second kappa shape index (κ2) is 8.14. The van der Waals surface area contributed by atoms with Crippen molar-refractivity contribution in [3.05, 3.63) is 0 Å². The largest absolute Gasteiger partial charge is 0.433 e. The molecule has 0 radical (unpaired) electrons. The van der Waals surface area contributed by atoms with E-state index < -0.39 is 31.8 Å². The molecule has 2 saturated heterocycles. The maximum atomic E-state index is 12.3. The Morgan fingerprint density at radius 1 is 1.33 bits per heavy atom. The number of esters is 1. The van der Waals surface area contributed by atoms with E-state index in [0.717, 1.165) is 6.04 Å². The zero-order valence-electron chi connectivity index (χ0n) is 17.7. The average Bonchev–Trinajstić information content (AvgIpc) is 2.77. The normalized spacial score (nSPS) is 34.7. The van der Waals surface area contributed by atoms with Crippen molar-refractivity contribution in [1.82, 2.24) is 0 Å². The van der Waals surface area contributed by atoms with Gasteiger partial charge in [-0.25, -0.2) is 4.79 Å². The van der Waals surface area contributed by atoms with Gasteiger partial charge < -0.3 is 24.8 Å². The van der Waals surface area contributed by atoms with Gasteiger partial charge in [-0.1, -0.05) is 45.6 Å². The Balaban J connectivity index is 2.12. The number of hydrogen-bond donors (Lipinski definition) is 1. The Hall–Kier alpha value is -1.03. The van der Waals surface area contributed by atoms with Crippen LogP contribution in [0.3, 0.4) is 0 Å². The van der Waals surface area contributed by atoms with Gasteiger partial charge in [0.2, 0.25) is 6.29 Å². The lowest BCUT2D eigenvalue weighted by molar-refractivity contribution is -0.278. The Labute approximate surface area is 163 Å². The molecule has 2 rings (SSSR count).